The van der Waals surface area contributed by atoms with Crippen LogP contribution >= 0.6 is 0 Å². The highest BCUT2D eigenvalue weighted by Crippen LogP contribution is 2.55. The molecule has 2 amide bonds. The molecule has 0 saturated carbocycles. The fourth-order valence-electron chi connectivity index (χ4n) is 4.86. The van der Waals surface area contributed by atoms with Crippen molar-refractivity contribution in [1.29, 1.82) is 0 Å². The number of anilines is 1. The number of carbonyl (C=O) groups excluding carboxylic acids is 2. The predicted molar refractivity (Wildman–Crippen MR) is 111 cm³/mol. The van der Waals surface area contributed by atoms with Crippen molar-refractivity contribution in [2.24, 2.45) is 0 Å². The third-order valence-electron chi connectivity index (χ3n) is 6.18. The maximum atomic E-state index is 13.4. The molecule has 0 aliphatic carbocycles. The number of methoxy groups -OCH3 is 1. The molecule has 1 spiro atoms. The van der Waals surface area contributed by atoms with Gasteiger partial charge in [0, 0.05) is 17.9 Å². The molecular weight excluding hydrogens is 380 g/mol. The zero-order valence-electron chi connectivity index (χ0n) is 16.8. The molecule has 2 aromatic carbocycles. The van der Waals surface area contributed by atoms with Crippen molar-refractivity contribution >= 4 is 17.5 Å². The summed E-state index contributed by atoms with van der Waals surface area (Å²) in [7, 11) is 1.61. The fourth-order valence-corrected chi connectivity index (χ4v) is 4.86. The number of hydrogen-bond acceptors (Lipinski definition) is 4. The van der Waals surface area contributed by atoms with Crippen molar-refractivity contribution in [2.75, 3.05) is 19.0 Å². The SMILES string of the molecule is COc1cccc(C2N(C(=O)c3cc(C)[nH]n3)CCC23C(=O)Nc2ccccc23)c1. The molecule has 1 aromatic heterocycles. The van der Waals surface area contributed by atoms with Crippen LogP contribution in [0, 0.1) is 6.92 Å². The molecule has 152 valence electrons. The summed E-state index contributed by atoms with van der Waals surface area (Å²) >= 11 is 0. The summed E-state index contributed by atoms with van der Waals surface area (Å²) in [6, 6.07) is 16.6. The topological polar surface area (TPSA) is 87.3 Å². The number of aromatic nitrogens is 2. The summed E-state index contributed by atoms with van der Waals surface area (Å²) in [5.74, 6) is 0.413. The van der Waals surface area contributed by atoms with Crippen molar-refractivity contribution in [3.05, 3.63) is 77.1 Å². The van der Waals surface area contributed by atoms with E-state index < -0.39 is 11.5 Å². The number of amides is 2. The van der Waals surface area contributed by atoms with Crippen molar-refractivity contribution < 1.29 is 14.3 Å². The van der Waals surface area contributed by atoms with E-state index in [4.69, 9.17) is 4.74 Å². The minimum absolute atomic E-state index is 0.0787. The standard InChI is InChI=1S/C23H22N4O3/c1-14-12-19(26-25-14)21(28)27-11-10-23(17-8-3-4-9-18(17)24-22(23)29)20(27)15-6-5-7-16(13-15)30-2/h3-9,12-13,20H,10-11H2,1-2H3,(H,24,29)(H,25,26). The molecule has 30 heavy (non-hydrogen) atoms. The van der Waals surface area contributed by atoms with Crippen LogP contribution in [0.3, 0.4) is 0 Å². The highest BCUT2D eigenvalue weighted by Gasteiger charge is 2.59. The first-order chi connectivity index (χ1) is 14.5. The first-order valence-corrected chi connectivity index (χ1v) is 9.92. The highest BCUT2D eigenvalue weighted by atomic mass is 16.5. The van der Waals surface area contributed by atoms with Crippen molar-refractivity contribution in [3.8, 4) is 5.75 Å². The number of H-pyrrole nitrogens is 1. The van der Waals surface area contributed by atoms with Crippen LogP contribution in [0.25, 0.3) is 0 Å². The van der Waals surface area contributed by atoms with Gasteiger partial charge in [-0.05, 0) is 48.7 Å². The van der Waals surface area contributed by atoms with Gasteiger partial charge in [-0.15, -0.1) is 0 Å². The number of nitrogens with one attached hydrogen (secondary N) is 2. The van der Waals surface area contributed by atoms with Gasteiger partial charge in [0.05, 0.1) is 13.2 Å². The van der Waals surface area contributed by atoms with Crippen molar-refractivity contribution in [2.45, 2.75) is 24.8 Å². The lowest BCUT2D eigenvalue weighted by Crippen LogP contribution is -2.42. The number of aryl methyl sites for hydroxylation is 1. The van der Waals surface area contributed by atoms with Gasteiger partial charge < -0.3 is 15.0 Å². The molecule has 0 bridgehead atoms. The van der Waals surface area contributed by atoms with E-state index in [1.807, 2.05) is 55.5 Å². The molecule has 1 saturated heterocycles. The number of nitrogens with zero attached hydrogens (tertiary/aromatic N) is 2. The number of fused-ring (bicyclic) bond motifs is 2. The van der Waals surface area contributed by atoms with Gasteiger partial charge in [0.15, 0.2) is 0 Å². The average molecular weight is 402 g/mol. The van der Waals surface area contributed by atoms with E-state index in [1.165, 1.54) is 0 Å². The Morgan fingerprint density at radius 3 is 2.80 bits per heavy atom. The normalized spacial score (nSPS) is 22.3. The first kappa shape index (κ1) is 18.4. The number of likely N-dealkylation sites (tertiary alicyclic amines) is 1. The zero-order chi connectivity index (χ0) is 20.9. The van der Waals surface area contributed by atoms with Crippen LogP contribution in [0.15, 0.2) is 54.6 Å². The number of rotatable bonds is 3. The molecule has 2 atom stereocenters. The molecule has 0 radical (unpaired) electrons. The molecule has 1 fully saturated rings. The van der Waals surface area contributed by atoms with Gasteiger partial charge in [0.1, 0.15) is 16.9 Å². The lowest BCUT2D eigenvalue weighted by molar-refractivity contribution is -0.121. The van der Waals surface area contributed by atoms with E-state index in [0.717, 1.165) is 22.5 Å². The second-order valence-electron chi connectivity index (χ2n) is 7.83. The maximum absolute atomic E-state index is 13.4. The summed E-state index contributed by atoms with van der Waals surface area (Å²) < 4.78 is 5.42. The van der Waals surface area contributed by atoms with Gasteiger partial charge in [-0.2, -0.15) is 5.10 Å². The Morgan fingerprint density at radius 1 is 1.20 bits per heavy atom. The molecule has 3 aromatic rings. The molecule has 7 nitrogen and oxygen atoms in total. The quantitative estimate of drug-likeness (QED) is 0.704. The second kappa shape index (κ2) is 6.73. The third-order valence-corrected chi connectivity index (χ3v) is 6.18. The van der Waals surface area contributed by atoms with E-state index >= 15 is 0 Å². The lowest BCUT2D eigenvalue weighted by atomic mass is 9.72. The Balaban J connectivity index is 1.68. The van der Waals surface area contributed by atoms with Crippen LogP contribution in [0.1, 0.15) is 39.8 Å². The number of carbonyl (C=O) groups is 2. The molecule has 2 unspecified atom stereocenters. The molecule has 2 N–H and O–H groups in total. The summed E-state index contributed by atoms with van der Waals surface area (Å²) in [4.78, 5) is 28.6. The van der Waals surface area contributed by atoms with E-state index in [2.05, 4.69) is 15.5 Å². The van der Waals surface area contributed by atoms with Gasteiger partial charge >= 0.3 is 0 Å². The van der Waals surface area contributed by atoms with Crippen LogP contribution in [-0.2, 0) is 10.2 Å². The molecular formula is C23H22N4O3. The van der Waals surface area contributed by atoms with Crippen molar-refractivity contribution in [1.82, 2.24) is 15.1 Å². The van der Waals surface area contributed by atoms with Gasteiger partial charge in [-0.3, -0.25) is 14.7 Å². The Kier molecular flexibility index (Phi) is 4.13. The molecule has 3 heterocycles. The Bertz CT molecular complexity index is 1150. The minimum atomic E-state index is -0.857. The van der Waals surface area contributed by atoms with Crippen LogP contribution < -0.4 is 10.1 Å². The molecule has 2 aliphatic heterocycles. The van der Waals surface area contributed by atoms with Gasteiger partial charge in [0.25, 0.3) is 5.91 Å². The van der Waals surface area contributed by atoms with Crippen LogP contribution in [0.2, 0.25) is 0 Å². The number of hydrogen-bond donors (Lipinski definition) is 2. The second-order valence-corrected chi connectivity index (χ2v) is 7.83. The minimum Gasteiger partial charge on any atom is -0.497 e. The fraction of sp³-hybridized carbons (Fsp3) is 0.261. The van der Waals surface area contributed by atoms with Gasteiger partial charge in [-0.25, -0.2) is 0 Å². The van der Waals surface area contributed by atoms with E-state index in [0.29, 0.717) is 24.4 Å². The first-order valence-electron chi connectivity index (χ1n) is 9.92. The maximum Gasteiger partial charge on any atom is 0.274 e. The van der Waals surface area contributed by atoms with E-state index in [-0.39, 0.29) is 11.8 Å². The van der Waals surface area contributed by atoms with Crippen molar-refractivity contribution in [3.63, 3.8) is 0 Å². The lowest BCUT2D eigenvalue weighted by Gasteiger charge is -2.34. The number of aromatic amines is 1. The van der Waals surface area contributed by atoms with Gasteiger partial charge in [0.2, 0.25) is 5.91 Å². The Hall–Kier alpha value is -3.61. The Labute approximate surface area is 174 Å². The average Bonchev–Trinajstić information content (AvgIpc) is 3.45. The van der Waals surface area contributed by atoms with E-state index in [9.17, 15) is 9.59 Å². The summed E-state index contributed by atoms with van der Waals surface area (Å²) in [5, 5.41) is 10.0. The highest BCUT2D eigenvalue weighted by molar-refractivity contribution is 6.08. The zero-order valence-corrected chi connectivity index (χ0v) is 16.8. The smallest absolute Gasteiger partial charge is 0.274 e. The van der Waals surface area contributed by atoms with Crippen LogP contribution in [0.5, 0.6) is 5.75 Å². The largest absolute Gasteiger partial charge is 0.497 e. The van der Waals surface area contributed by atoms with Crippen LogP contribution in [-0.4, -0.2) is 40.6 Å². The summed E-state index contributed by atoms with van der Waals surface area (Å²) in [5.41, 5.74) is 2.90. The number of para-hydroxylation sites is 1. The summed E-state index contributed by atoms with van der Waals surface area (Å²) in [6.45, 7) is 2.31. The Morgan fingerprint density at radius 2 is 2.03 bits per heavy atom. The monoisotopic (exact) mass is 402 g/mol. The summed E-state index contributed by atoms with van der Waals surface area (Å²) in [6.07, 6.45) is 0.535. The van der Waals surface area contributed by atoms with E-state index in [1.54, 1.807) is 18.1 Å². The molecule has 5 rings (SSSR count). The number of benzene rings is 2. The molecule has 2 aliphatic rings. The van der Waals surface area contributed by atoms with Crippen LogP contribution in [0.4, 0.5) is 5.69 Å². The third kappa shape index (κ3) is 2.55. The molecule has 7 heteroatoms. The van der Waals surface area contributed by atoms with Gasteiger partial charge in [-0.1, -0.05) is 30.3 Å². The number of ether oxygens (including phenoxy) is 1. The predicted octanol–water partition coefficient (Wildman–Crippen LogP) is 3.20.